The van der Waals surface area contributed by atoms with Gasteiger partial charge in [-0.2, -0.15) is 0 Å². The smallest absolute Gasteiger partial charge is 0.157 e. The van der Waals surface area contributed by atoms with Gasteiger partial charge in [0.2, 0.25) is 0 Å². The molecule has 26 heavy (non-hydrogen) atoms. The predicted molar refractivity (Wildman–Crippen MR) is 106 cm³/mol. The van der Waals surface area contributed by atoms with Crippen LogP contribution < -0.4 is 10.1 Å². The Morgan fingerprint density at radius 3 is 2.31 bits per heavy atom. The molecule has 0 aliphatic carbocycles. The second kappa shape index (κ2) is 7.02. The number of aromatic nitrogens is 2. The van der Waals surface area contributed by atoms with Gasteiger partial charge in [-0.15, -0.1) is 0 Å². The number of methoxy groups -OCH3 is 1. The van der Waals surface area contributed by atoms with Crippen molar-refractivity contribution >= 4 is 34.1 Å². The van der Waals surface area contributed by atoms with Crippen molar-refractivity contribution in [3.8, 4) is 17.0 Å². The second-order valence-electron chi connectivity index (χ2n) is 5.77. The number of nitrogens with zero attached hydrogens (tertiary/aromatic N) is 2. The largest absolute Gasteiger partial charge is 0.497 e. The fourth-order valence-electron chi connectivity index (χ4n) is 2.73. The van der Waals surface area contributed by atoms with Gasteiger partial charge >= 0.3 is 0 Å². The van der Waals surface area contributed by atoms with Crippen LogP contribution in [-0.2, 0) is 0 Å². The van der Waals surface area contributed by atoms with E-state index in [0.29, 0.717) is 10.8 Å². The first kappa shape index (κ1) is 16.4. The molecule has 0 bridgehead atoms. The molecule has 5 heteroatoms. The highest BCUT2D eigenvalue weighted by atomic mass is 35.5. The Balaban J connectivity index is 1.85. The number of anilines is 2. The molecule has 0 atom stereocenters. The van der Waals surface area contributed by atoms with Crippen molar-refractivity contribution in [3.05, 3.63) is 77.8 Å². The lowest BCUT2D eigenvalue weighted by Gasteiger charge is -2.13. The molecule has 4 rings (SSSR count). The van der Waals surface area contributed by atoms with Crippen LogP contribution in [0.2, 0.25) is 5.02 Å². The van der Waals surface area contributed by atoms with Crippen molar-refractivity contribution in [2.24, 2.45) is 0 Å². The standard InChI is InChI=1S/C21H16ClN3O/c1-26-17-6-4-5-16(13-17)23-21-20(14-9-11-15(22)12-10-14)24-18-7-2-3-8-19(18)25-21/h2-13H,1H3,(H,23,25). The highest BCUT2D eigenvalue weighted by Gasteiger charge is 2.12. The molecule has 0 spiro atoms. The van der Waals surface area contributed by atoms with E-state index in [1.54, 1.807) is 7.11 Å². The minimum absolute atomic E-state index is 0.680. The van der Waals surface area contributed by atoms with Crippen LogP contribution in [0.4, 0.5) is 11.5 Å². The van der Waals surface area contributed by atoms with Gasteiger partial charge in [0.25, 0.3) is 0 Å². The van der Waals surface area contributed by atoms with Crippen molar-refractivity contribution in [2.75, 3.05) is 12.4 Å². The molecule has 0 unspecified atom stereocenters. The molecule has 4 nitrogen and oxygen atoms in total. The van der Waals surface area contributed by atoms with E-state index in [0.717, 1.165) is 33.7 Å². The number of nitrogens with one attached hydrogen (secondary N) is 1. The summed E-state index contributed by atoms with van der Waals surface area (Å²) in [5.74, 6) is 1.45. The van der Waals surface area contributed by atoms with Crippen LogP contribution in [0.25, 0.3) is 22.3 Å². The molecule has 0 saturated carbocycles. The van der Waals surface area contributed by atoms with Gasteiger partial charge in [0, 0.05) is 22.3 Å². The van der Waals surface area contributed by atoms with Crippen molar-refractivity contribution in [1.29, 1.82) is 0 Å². The molecule has 3 aromatic carbocycles. The Morgan fingerprint density at radius 2 is 1.58 bits per heavy atom. The quantitative estimate of drug-likeness (QED) is 0.506. The summed E-state index contributed by atoms with van der Waals surface area (Å²) in [6, 6.07) is 23.1. The van der Waals surface area contributed by atoms with Crippen molar-refractivity contribution < 1.29 is 4.74 Å². The van der Waals surface area contributed by atoms with E-state index in [4.69, 9.17) is 26.3 Å². The van der Waals surface area contributed by atoms with E-state index in [1.165, 1.54) is 0 Å². The number of para-hydroxylation sites is 2. The molecule has 0 saturated heterocycles. The normalized spacial score (nSPS) is 10.7. The molecule has 0 amide bonds. The summed E-state index contributed by atoms with van der Waals surface area (Å²) in [5, 5.41) is 4.05. The molecule has 0 radical (unpaired) electrons. The number of fused-ring (bicyclic) bond motifs is 1. The van der Waals surface area contributed by atoms with Crippen LogP contribution in [0, 0.1) is 0 Å². The van der Waals surface area contributed by atoms with Crippen LogP contribution in [0.3, 0.4) is 0 Å². The second-order valence-corrected chi connectivity index (χ2v) is 6.21. The maximum Gasteiger partial charge on any atom is 0.157 e. The lowest BCUT2D eigenvalue weighted by molar-refractivity contribution is 0.415. The average Bonchev–Trinajstić information content (AvgIpc) is 2.68. The van der Waals surface area contributed by atoms with E-state index >= 15 is 0 Å². The van der Waals surface area contributed by atoms with E-state index < -0.39 is 0 Å². The van der Waals surface area contributed by atoms with Gasteiger partial charge in [0.15, 0.2) is 5.82 Å². The average molecular weight is 362 g/mol. The van der Waals surface area contributed by atoms with E-state index in [2.05, 4.69) is 5.32 Å². The summed E-state index contributed by atoms with van der Waals surface area (Å²) >= 11 is 6.03. The first-order valence-electron chi connectivity index (χ1n) is 8.17. The van der Waals surface area contributed by atoms with Crippen LogP contribution in [0.15, 0.2) is 72.8 Å². The van der Waals surface area contributed by atoms with Gasteiger partial charge in [-0.05, 0) is 36.4 Å². The number of hydrogen-bond acceptors (Lipinski definition) is 4. The molecule has 1 N–H and O–H groups in total. The van der Waals surface area contributed by atoms with Crippen LogP contribution in [-0.4, -0.2) is 17.1 Å². The van der Waals surface area contributed by atoms with E-state index in [1.807, 2.05) is 72.8 Å². The molecule has 0 aliphatic heterocycles. The van der Waals surface area contributed by atoms with Crippen LogP contribution in [0.1, 0.15) is 0 Å². The molecular formula is C21H16ClN3O. The predicted octanol–water partition coefficient (Wildman–Crippen LogP) is 5.70. The maximum absolute atomic E-state index is 6.03. The summed E-state index contributed by atoms with van der Waals surface area (Å²) in [5.41, 5.74) is 4.26. The molecule has 0 fully saturated rings. The van der Waals surface area contributed by atoms with E-state index in [-0.39, 0.29) is 0 Å². The Hall–Kier alpha value is -3.11. The number of hydrogen-bond donors (Lipinski definition) is 1. The van der Waals surface area contributed by atoms with Crippen LogP contribution in [0.5, 0.6) is 5.75 Å². The lowest BCUT2D eigenvalue weighted by atomic mass is 10.1. The lowest BCUT2D eigenvalue weighted by Crippen LogP contribution is -2.00. The Bertz CT molecular complexity index is 1060. The summed E-state index contributed by atoms with van der Waals surface area (Å²) in [6.45, 7) is 0. The topological polar surface area (TPSA) is 47.0 Å². The number of rotatable bonds is 4. The first-order chi connectivity index (χ1) is 12.7. The zero-order chi connectivity index (χ0) is 17.9. The number of benzene rings is 3. The monoisotopic (exact) mass is 361 g/mol. The molecule has 4 aromatic rings. The number of ether oxygens (including phenoxy) is 1. The van der Waals surface area contributed by atoms with Gasteiger partial charge in [0.05, 0.1) is 18.1 Å². The van der Waals surface area contributed by atoms with Gasteiger partial charge in [0.1, 0.15) is 11.4 Å². The fourth-order valence-corrected chi connectivity index (χ4v) is 2.86. The van der Waals surface area contributed by atoms with Gasteiger partial charge in [-0.25, -0.2) is 9.97 Å². The fraction of sp³-hybridized carbons (Fsp3) is 0.0476. The van der Waals surface area contributed by atoms with Crippen molar-refractivity contribution in [3.63, 3.8) is 0 Å². The SMILES string of the molecule is COc1cccc(Nc2nc3ccccc3nc2-c2ccc(Cl)cc2)c1. The highest BCUT2D eigenvalue weighted by molar-refractivity contribution is 6.30. The third-order valence-electron chi connectivity index (χ3n) is 4.02. The summed E-state index contributed by atoms with van der Waals surface area (Å²) in [6.07, 6.45) is 0. The zero-order valence-corrected chi connectivity index (χ0v) is 14.9. The van der Waals surface area contributed by atoms with Crippen LogP contribution >= 0.6 is 11.6 Å². The highest BCUT2D eigenvalue weighted by Crippen LogP contribution is 2.30. The Kier molecular flexibility index (Phi) is 4.42. The van der Waals surface area contributed by atoms with Gasteiger partial charge in [-0.1, -0.05) is 41.9 Å². The minimum atomic E-state index is 0.680. The summed E-state index contributed by atoms with van der Waals surface area (Å²) < 4.78 is 5.30. The van der Waals surface area contributed by atoms with Crippen molar-refractivity contribution in [1.82, 2.24) is 9.97 Å². The molecule has 1 heterocycles. The molecular weight excluding hydrogens is 346 g/mol. The molecule has 128 valence electrons. The third-order valence-corrected chi connectivity index (χ3v) is 4.27. The minimum Gasteiger partial charge on any atom is -0.497 e. The molecule has 0 aliphatic rings. The first-order valence-corrected chi connectivity index (χ1v) is 8.54. The summed E-state index contributed by atoms with van der Waals surface area (Å²) in [7, 11) is 1.65. The van der Waals surface area contributed by atoms with Gasteiger partial charge < -0.3 is 10.1 Å². The Morgan fingerprint density at radius 1 is 0.846 bits per heavy atom. The van der Waals surface area contributed by atoms with E-state index in [9.17, 15) is 0 Å². The molecule has 1 aromatic heterocycles. The van der Waals surface area contributed by atoms with Gasteiger partial charge in [-0.3, -0.25) is 0 Å². The Labute approximate surface area is 156 Å². The third kappa shape index (κ3) is 3.32. The maximum atomic E-state index is 6.03. The summed E-state index contributed by atoms with van der Waals surface area (Å²) in [4.78, 5) is 9.59. The van der Waals surface area contributed by atoms with Crippen molar-refractivity contribution in [2.45, 2.75) is 0 Å². The number of halogens is 1. The zero-order valence-electron chi connectivity index (χ0n) is 14.1.